The van der Waals surface area contributed by atoms with E-state index in [0.29, 0.717) is 30.9 Å². The third-order valence-corrected chi connectivity index (χ3v) is 6.55. The lowest BCUT2D eigenvalue weighted by molar-refractivity contribution is 0.0676. The summed E-state index contributed by atoms with van der Waals surface area (Å²) in [6.07, 6.45) is 0.469. The molecule has 2 aromatic carbocycles. The molecular weight excluding hydrogens is 362 g/mol. The molecule has 1 saturated heterocycles. The van der Waals surface area contributed by atoms with Gasteiger partial charge in [0.25, 0.3) is 5.91 Å². The summed E-state index contributed by atoms with van der Waals surface area (Å²) < 4.78 is 29.6. The molecule has 3 rings (SSSR count). The van der Waals surface area contributed by atoms with Crippen LogP contribution < -0.4 is 4.74 Å². The quantitative estimate of drug-likeness (QED) is 0.763. The molecule has 0 aromatic heterocycles. The molecule has 0 N–H and O–H groups in total. The Hall–Kier alpha value is -2.34. The summed E-state index contributed by atoms with van der Waals surface area (Å²) in [5.74, 6) is 0.477. The number of aryl methyl sites for hydroxylation is 1. The Balaban J connectivity index is 1.94. The van der Waals surface area contributed by atoms with Crippen LogP contribution >= 0.6 is 0 Å². The predicted octanol–water partition coefficient (Wildman–Crippen LogP) is 3.22. The smallest absolute Gasteiger partial charge is 0.258 e. The molecule has 2 aromatic rings. The zero-order valence-electron chi connectivity index (χ0n) is 15.7. The van der Waals surface area contributed by atoms with Crippen LogP contribution in [0.3, 0.4) is 0 Å². The van der Waals surface area contributed by atoms with Crippen molar-refractivity contribution >= 4 is 15.7 Å². The first kappa shape index (κ1) is 19.4. The minimum absolute atomic E-state index is 0.0153. The second-order valence-corrected chi connectivity index (χ2v) is 9.13. The van der Waals surface area contributed by atoms with Crippen molar-refractivity contribution in [2.75, 3.05) is 18.1 Å². The first-order valence-electron chi connectivity index (χ1n) is 9.18. The van der Waals surface area contributed by atoms with E-state index in [-0.39, 0.29) is 23.5 Å². The number of rotatable bonds is 6. The number of para-hydroxylation sites is 1. The van der Waals surface area contributed by atoms with E-state index in [0.717, 1.165) is 11.1 Å². The maximum Gasteiger partial charge on any atom is 0.258 e. The van der Waals surface area contributed by atoms with Gasteiger partial charge >= 0.3 is 0 Å². The van der Waals surface area contributed by atoms with Gasteiger partial charge in [0, 0.05) is 12.6 Å². The molecule has 0 radical (unpaired) electrons. The van der Waals surface area contributed by atoms with Crippen molar-refractivity contribution in [2.45, 2.75) is 32.9 Å². The summed E-state index contributed by atoms with van der Waals surface area (Å²) in [5, 5.41) is 0. The Bertz CT molecular complexity index is 906. The lowest BCUT2D eigenvalue weighted by atomic mass is 10.1. The summed E-state index contributed by atoms with van der Waals surface area (Å²) >= 11 is 0. The molecule has 0 unspecified atom stereocenters. The SMILES string of the molecule is CCOc1ccccc1C(=O)N(Cc1ccc(C)cc1)[C@H]1CCS(=O)(=O)C1. The van der Waals surface area contributed by atoms with E-state index >= 15 is 0 Å². The lowest BCUT2D eigenvalue weighted by Gasteiger charge is -2.29. The molecule has 1 aliphatic rings. The van der Waals surface area contributed by atoms with E-state index < -0.39 is 9.84 Å². The molecule has 1 heterocycles. The molecule has 1 amide bonds. The largest absolute Gasteiger partial charge is 0.493 e. The standard InChI is InChI=1S/C21H25NO4S/c1-3-26-20-7-5-4-6-19(20)21(23)22(18-12-13-27(24,25)15-18)14-17-10-8-16(2)9-11-17/h4-11,18H,3,12-15H2,1-2H3/t18-/m0/s1. The van der Waals surface area contributed by atoms with Crippen molar-refractivity contribution in [1.82, 2.24) is 4.90 Å². The van der Waals surface area contributed by atoms with Gasteiger partial charge in [0.05, 0.1) is 23.7 Å². The average molecular weight is 388 g/mol. The van der Waals surface area contributed by atoms with Crippen LogP contribution in [0, 0.1) is 6.92 Å². The fraction of sp³-hybridized carbons (Fsp3) is 0.381. The van der Waals surface area contributed by atoms with Gasteiger partial charge < -0.3 is 9.64 Å². The van der Waals surface area contributed by atoms with Crippen molar-refractivity contribution in [3.8, 4) is 5.75 Å². The van der Waals surface area contributed by atoms with Gasteiger partial charge in [0.1, 0.15) is 5.75 Å². The summed E-state index contributed by atoms with van der Waals surface area (Å²) in [7, 11) is -3.10. The van der Waals surface area contributed by atoms with Crippen LogP contribution in [0.5, 0.6) is 5.75 Å². The van der Waals surface area contributed by atoms with Crippen LogP contribution in [0.1, 0.15) is 34.8 Å². The van der Waals surface area contributed by atoms with Crippen LogP contribution in [0.25, 0.3) is 0 Å². The minimum atomic E-state index is -3.10. The third-order valence-electron chi connectivity index (χ3n) is 4.80. The molecule has 0 spiro atoms. The third kappa shape index (κ3) is 4.69. The molecule has 5 nitrogen and oxygen atoms in total. The topological polar surface area (TPSA) is 63.7 Å². The first-order chi connectivity index (χ1) is 12.9. The van der Waals surface area contributed by atoms with Gasteiger partial charge in [-0.2, -0.15) is 0 Å². The molecule has 1 fully saturated rings. The Morgan fingerprint density at radius 2 is 1.85 bits per heavy atom. The Morgan fingerprint density at radius 3 is 2.48 bits per heavy atom. The van der Waals surface area contributed by atoms with Gasteiger partial charge in [0.15, 0.2) is 9.84 Å². The molecule has 27 heavy (non-hydrogen) atoms. The summed E-state index contributed by atoms with van der Waals surface area (Å²) in [4.78, 5) is 15.0. The second-order valence-electron chi connectivity index (χ2n) is 6.90. The van der Waals surface area contributed by atoms with E-state index in [9.17, 15) is 13.2 Å². The van der Waals surface area contributed by atoms with Crippen LogP contribution in [-0.2, 0) is 16.4 Å². The molecule has 1 atom stereocenters. The maximum atomic E-state index is 13.4. The van der Waals surface area contributed by atoms with Gasteiger partial charge in [-0.15, -0.1) is 0 Å². The molecule has 0 aliphatic carbocycles. The Kier molecular flexibility index (Phi) is 5.85. The van der Waals surface area contributed by atoms with Crippen LogP contribution in [0.4, 0.5) is 0 Å². The summed E-state index contributed by atoms with van der Waals surface area (Å²) in [6, 6.07) is 14.8. The van der Waals surface area contributed by atoms with Gasteiger partial charge in [0.2, 0.25) is 0 Å². The number of nitrogens with zero attached hydrogens (tertiary/aromatic N) is 1. The summed E-state index contributed by atoms with van der Waals surface area (Å²) in [6.45, 7) is 4.71. The first-order valence-corrected chi connectivity index (χ1v) is 11.0. The molecule has 1 aliphatic heterocycles. The monoisotopic (exact) mass is 387 g/mol. The number of benzene rings is 2. The van der Waals surface area contributed by atoms with Crippen LogP contribution in [0.15, 0.2) is 48.5 Å². The van der Waals surface area contributed by atoms with Crippen LogP contribution in [0.2, 0.25) is 0 Å². The van der Waals surface area contributed by atoms with Gasteiger partial charge in [-0.3, -0.25) is 4.79 Å². The van der Waals surface area contributed by atoms with E-state index in [1.54, 1.807) is 23.1 Å². The Labute approximate surface area is 160 Å². The van der Waals surface area contributed by atoms with E-state index in [1.165, 1.54) is 0 Å². The van der Waals surface area contributed by atoms with E-state index in [4.69, 9.17) is 4.74 Å². The molecule has 0 saturated carbocycles. The Morgan fingerprint density at radius 1 is 1.15 bits per heavy atom. The highest BCUT2D eigenvalue weighted by molar-refractivity contribution is 7.91. The van der Waals surface area contributed by atoms with Crippen molar-refractivity contribution in [3.63, 3.8) is 0 Å². The second kappa shape index (κ2) is 8.13. The van der Waals surface area contributed by atoms with Crippen molar-refractivity contribution in [3.05, 3.63) is 65.2 Å². The zero-order valence-corrected chi connectivity index (χ0v) is 16.5. The van der Waals surface area contributed by atoms with Gasteiger partial charge in [-0.25, -0.2) is 8.42 Å². The number of amides is 1. The van der Waals surface area contributed by atoms with Crippen LogP contribution in [-0.4, -0.2) is 43.4 Å². The number of carbonyl (C=O) groups excluding carboxylic acids is 1. The molecule has 6 heteroatoms. The highest BCUT2D eigenvalue weighted by Crippen LogP contribution is 2.26. The minimum Gasteiger partial charge on any atom is -0.493 e. The lowest BCUT2D eigenvalue weighted by Crippen LogP contribution is -2.40. The molecule has 144 valence electrons. The maximum absolute atomic E-state index is 13.4. The average Bonchev–Trinajstić information content (AvgIpc) is 3.01. The molecule has 0 bridgehead atoms. The number of hydrogen-bond donors (Lipinski definition) is 0. The van der Waals surface area contributed by atoms with Crippen molar-refractivity contribution in [1.29, 1.82) is 0 Å². The predicted molar refractivity (Wildman–Crippen MR) is 106 cm³/mol. The van der Waals surface area contributed by atoms with E-state index in [1.807, 2.05) is 44.2 Å². The van der Waals surface area contributed by atoms with Crippen molar-refractivity contribution in [2.24, 2.45) is 0 Å². The van der Waals surface area contributed by atoms with Gasteiger partial charge in [-0.1, -0.05) is 42.0 Å². The fourth-order valence-electron chi connectivity index (χ4n) is 3.36. The normalized spacial score (nSPS) is 18.2. The fourth-order valence-corrected chi connectivity index (χ4v) is 5.09. The number of ether oxygens (including phenoxy) is 1. The zero-order chi connectivity index (χ0) is 19.4. The number of carbonyl (C=O) groups is 1. The number of sulfone groups is 1. The highest BCUT2D eigenvalue weighted by atomic mass is 32.2. The van der Waals surface area contributed by atoms with Crippen molar-refractivity contribution < 1.29 is 17.9 Å². The number of hydrogen-bond acceptors (Lipinski definition) is 4. The molecular formula is C21H25NO4S. The highest BCUT2D eigenvalue weighted by Gasteiger charge is 2.35. The summed E-state index contributed by atoms with van der Waals surface area (Å²) in [5.41, 5.74) is 2.59. The van der Waals surface area contributed by atoms with E-state index in [2.05, 4.69) is 0 Å². The van der Waals surface area contributed by atoms with Gasteiger partial charge in [-0.05, 0) is 38.0 Å².